The number of hydrogen-bond donors (Lipinski definition) is 2. The number of rotatable bonds is 8. The molecular weight excluding hydrogens is 192 g/mol. The van der Waals surface area contributed by atoms with Gasteiger partial charge in [0.2, 0.25) is 5.91 Å². The highest BCUT2D eigenvalue weighted by Crippen LogP contribution is 2.18. The highest BCUT2D eigenvalue weighted by molar-refractivity contribution is 5.76. The summed E-state index contributed by atoms with van der Waals surface area (Å²) >= 11 is 0. The predicted molar refractivity (Wildman–Crippen MR) is 59.5 cm³/mol. The van der Waals surface area contributed by atoms with Gasteiger partial charge in [-0.1, -0.05) is 6.08 Å². The van der Waals surface area contributed by atoms with Gasteiger partial charge in [-0.25, -0.2) is 0 Å². The fraction of sp³-hybridized carbons (Fsp3) is 0.727. The molecule has 0 aromatic rings. The topological polar surface area (TPSA) is 52.6 Å². The van der Waals surface area contributed by atoms with Crippen LogP contribution in [0.15, 0.2) is 12.7 Å². The van der Waals surface area contributed by atoms with Crippen LogP contribution in [0.3, 0.4) is 0 Å². The molecule has 0 aromatic carbocycles. The average Bonchev–Trinajstić information content (AvgIpc) is 3.01. The molecule has 1 saturated carbocycles. The number of aliphatic hydroxyl groups is 1. The van der Waals surface area contributed by atoms with E-state index in [0.717, 1.165) is 6.54 Å². The molecule has 1 rings (SSSR count). The molecule has 0 radical (unpaired) electrons. The van der Waals surface area contributed by atoms with Gasteiger partial charge in [-0.05, 0) is 12.8 Å². The molecule has 1 fully saturated rings. The third-order valence-corrected chi connectivity index (χ3v) is 2.42. The Kier molecular flexibility index (Phi) is 5.36. The first-order valence-corrected chi connectivity index (χ1v) is 5.51. The molecule has 0 aromatic heterocycles. The molecule has 86 valence electrons. The van der Waals surface area contributed by atoms with Crippen LogP contribution >= 0.6 is 0 Å². The highest BCUT2D eigenvalue weighted by atomic mass is 16.3. The number of carbonyl (C=O) groups is 1. The molecule has 0 spiro atoms. The molecule has 2 N–H and O–H groups in total. The molecule has 1 amide bonds. The van der Waals surface area contributed by atoms with Crippen LogP contribution in [0.4, 0.5) is 0 Å². The Morgan fingerprint density at radius 1 is 1.60 bits per heavy atom. The van der Waals surface area contributed by atoms with Crippen LogP contribution in [0.1, 0.15) is 19.3 Å². The van der Waals surface area contributed by atoms with Gasteiger partial charge in [-0.3, -0.25) is 4.79 Å². The Balaban J connectivity index is 2.17. The fourth-order valence-corrected chi connectivity index (χ4v) is 1.42. The first kappa shape index (κ1) is 12.2. The van der Waals surface area contributed by atoms with E-state index in [-0.39, 0.29) is 12.5 Å². The van der Waals surface area contributed by atoms with E-state index < -0.39 is 0 Å². The summed E-state index contributed by atoms with van der Waals surface area (Å²) in [6.45, 7) is 5.25. The lowest BCUT2D eigenvalue weighted by Crippen LogP contribution is -2.35. The van der Waals surface area contributed by atoms with E-state index in [9.17, 15) is 4.79 Å². The van der Waals surface area contributed by atoms with E-state index in [1.165, 1.54) is 12.8 Å². The maximum absolute atomic E-state index is 11.7. The van der Waals surface area contributed by atoms with Crippen LogP contribution in [-0.2, 0) is 4.79 Å². The summed E-state index contributed by atoms with van der Waals surface area (Å²) in [5.74, 6) is 0.0806. The predicted octanol–water partition coefficient (Wildman–Crippen LogP) is 0.135. The van der Waals surface area contributed by atoms with Crippen LogP contribution < -0.4 is 5.32 Å². The Morgan fingerprint density at radius 3 is 2.87 bits per heavy atom. The summed E-state index contributed by atoms with van der Waals surface area (Å²) in [6, 6.07) is 0.642. The van der Waals surface area contributed by atoms with Crippen molar-refractivity contribution in [2.45, 2.75) is 25.3 Å². The van der Waals surface area contributed by atoms with E-state index in [0.29, 0.717) is 25.6 Å². The molecule has 0 heterocycles. The fourth-order valence-electron chi connectivity index (χ4n) is 1.42. The molecule has 1 aliphatic carbocycles. The van der Waals surface area contributed by atoms with Crippen molar-refractivity contribution in [1.29, 1.82) is 0 Å². The zero-order valence-electron chi connectivity index (χ0n) is 9.11. The van der Waals surface area contributed by atoms with Crippen molar-refractivity contribution in [3.63, 3.8) is 0 Å². The van der Waals surface area contributed by atoms with E-state index in [4.69, 9.17) is 5.11 Å². The first-order chi connectivity index (χ1) is 7.27. The number of amides is 1. The largest absolute Gasteiger partial charge is 0.395 e. The van der Waals surface area contributed by atoms with Gasteiger partial charge < -0.3 is 15.3 Å². The summed E-state index contributed by atoms with van der Waals surface area (Å²) in [5, 5.41) is 12.1. The van der Waals surface area contributed by atoms with E-state index in [1.54, 1.807) is 11.0 Å². The summed E-state index contributed by atoms with van der Waals surface area (Å²) in [6.07, 6.45) is 4.66. The molecule has 1 aliphatic rings. The van der Waals surface area contributed by atoms with Crippen molar-refractivity contribution in [2.75, 3.05) is 26.2 Å². The van der Waals surface area contributed by atoms with Gasteiger partial charge >= 0.3 is 0 Å². The Morgan fingerprint density at radius 2 is 2.33 bits per heavy atom. The second-order valence-electron chi connectivity index (χ2n) is 3.83. The third-order valence-electron chi connectivity index (χ3n) is 2.42. The number of nitrogens with one attached hydrogen (secondary N) is 1. The van der Waals surface area contributed by atoms with Gasteiger partial charge in [0.1, 0.15) is 0 Å². The number of carbonyl (C=O) groups excluding carboxylic acids is 1. The zero-order valence-corrected chi connectivity index (χ0v) is 9.11. The monoisotopic (exact) mass is 212 g/mol. The lowest BCUT2D eigenvalue weighted by Gasteiger charge is -2.19. The first-order valence-electron chi connectivity index (χ1n) is 5.51. The summed E-state index contributed by atoms with van der Waals surface area (Å²) < 4.78 is 0. The Hall–Kier alpha value is -0.870. The molecule has 0 atom stereocenters. The van der Waals surface area contributed by atoms with Gasteiger partial charge in [-0.15, -0.1) is 6.58 Å². The molecule has 0 saturated heterocycles. The van der Waals surface area contributed by atoms with Gasteiger partial charge in [0, 0.05) is 32.1 Å². The van der Waals surface area contributed by atoms with Gasteiger partial charge in [0.15, 0.2) is 0 Å². The molecule has 4 nitrogen and oxygen atoms in total. The standard InChI is InChI=1S/C11H20N2O2/c1-2-7-13(8-9-14)11(15)5-6-12-10-3-4-10/h2,10,12,14H,1,3-9H2. The van der Waals surface area contributed by atoms with Crippen LogP contribution in [-0.4, -0.2) is 48.2 Å². The number of hydrogen-bond acceptors (Lipinski definition) is 3. The Labute approximate surface area is 91.0 Å². The van der Waals surface area contributed by atoms with Crippen LogP contribution in [0.5, 0.6) is 0 Å². The smallest absolute Gasteiger partial charge is 0.224 e. The van der Waals surface area contributed by atoms with Gasteiger partial charge in [0.05, 0.1) is 6.61 Å². The molecule has 0 bridgehead atoms. The highest BCUT2D eigenvalue weighted by Gasteiger charge is 2.20. The van der Waals surface area contributed by atoms with E-state index in [2.05, 4.69) is 11.9 Å². The SMILES string of the molecule is C=CCN(CCO)C(=O)CCNC1CC1. The molecule has 4 heteroatoms. The number of nitrogens with zero attached hydrogens (tertiary/aromatic N) is 1. The zero-order chi connectivity index (χ0) is 11.1. The maximum atomic E-state index is 11.7. The maximum Gasteiger partial charge on any atom is 0.224 e. The van der Waals surface area contributed by atoms with Crippen molar-refractivity contribution in [3.05, 3.63) is 12.7 Å². The molecule has 0 unspecified atom stereocenters. The summed E-state index contributed by atoms with van der Waals surface area (Å²) in [4.78, 5) is 13.3. The Bertz CT molecular complexity index is 215. The minimum atomic E-state index is 0.00956. The van der Waals surface area contributed by atoms with E-state index in [1.807, 2.05) is 0 Å². The van der Waals surface area contributed by atoms with E-state index >= 15 is 0 Å². The minimum absolute atomic E-state index is 0.00956. The van der Waals surface area contributed by atoms with Crippen molar-refractivity contribution in [2.24, 2.45) is 0 Å². The molecule has 15 heavy (non-hydrogen) atoms. The number of aliphatic hydroxyl groups excluding tert-OH is 1. The van der Waals surface area contributed by atoms with Gasteiger partial charge in [0.25, 0.3) is 0 Å². The second-order valence-corrected chi connectivity index (χ2v) is 3.83. The minimum Gasteiger partial charge on any atom is -0.395 e. The summed E-state index contributed by atoms with van der Waals surface area (Å²) in [5.41, 5.74) is 0. The van der Waals surface area contributed by atoms with Crippen molar-refractivity contribution in [1.82, 2.24) is 10.2 Å². The van der Waals surface area contributed by atoms with Crippen LogP contribution in [0.2, 0.25) is 0 Å². The second kappa shape index (κ2) is 6.58. The van der Waals surface area contributed by atoms with Crippen molar-refractivity contribution < 1.29 is 9.90 Å². The normalized spacial score (nSPS) is 15.0. The van der Waals surface area contributed by atoms with Crippen molar-refractivity contribution >= 4 is 5.91 Å². The molecular formula is C11H20N2O2. The lowest BCUT2D eigenvalue weighted by molar-refractivity contribution is -0.131. The average molecular weight is 212 g/mol. The third kappa shape index (κ3) is 4.95. The quantitative estimate of drug-likeness (QED) is 0.563. The molecule has 0 aliphatic heterocycles. The van der Waals surface area contributed by atoms with Crippen LogP contribution in [0.25, 0.3) is 0 Å². The summed E-state index contributed by atoms with van der Waals surface area (Å²) in [7, 11) is 0. The van der Waals surface area contributed by atoms with Crippen LogP contribution in [0, 0.1) is 0 Å². The van der Waals surface area contributed by atoms with Crippen molar-refractivity contribution in [3.8, 4) is 0 Å². The van der Waals surface area contributed by atoms with Gasteiger partial charge in [-0.2, -0.15) is 0 Å². The lowest BCUT2D eigenvalue weighted by atomic mass is 10.3.